The molecular formula is C41H36N2O7. The molecule has 5 aromatic rings. The quantitative estimate of drug-likeness (QED) is 0.0926. The Balaban J connectivity index is 1.29. The number of methoxy groups -OCH3 is 3. The number of carbonyl (C=O) groups is 3. The fourth-order valence-corrected chi connectivity index (χ4v) is 4.89. The second kappa shape index (κ2) is 17.0. The highest BCUT2D eigenvalue weighted by Crippen LogP contribution is 2.38. The number of hydrogen-bond acceptors (Lipinski definition) is 7. The first-order valence-corrected chi connectivity index (χ1v) is 15.7. The molecule has 0 saturated carbocycles. The molecule has 9 nitrogen and oxygen atoms in total. The highest BCUT2D eigenvalue weighted by Gasteiger charge is 2.16. The smallest absolute Gasteiger partial charge is 0.272 e. The predicted molar refractivity (Wildman–Crippen MR) is 194 cm³/mol. The Morgan fingerprint density at radius 3 is 1.88 bits per heavy atom. The summed E-state index contributed by atoms with van der Waals surface area (Å²) in [4.78, 5) is 39.5. The molecular weight excluding hydrogens is 632 g/mol. The zero-order chi connectivity index (χ0) is 35.3. The molecule has 2 N–H and O–H groups in total. The standard InChI is InChI=1S/C41H36N2O7/c1-47-37-25-30(26-38(48-2)39(37)49-3)16-23-36(44)31-17-19-33(20-18-31)42-41(46)35(43-40(45)32-12-8-5-9-13-32)24-28-14-21-34(22-15-28)50-27-29-10-6-4-7-11-29/h4-26H,27H2,1-3H3,(H,42,46)(H,43,45)/b23-16+,35-24-. The van der Waals surface area contributed by atoms with Crippen LogP contribution in [0.2, 0.25) is 0 Å². The molecule has 0 saturated heterocycles. The second-order valence-electron chi connectivity index (χ2n) is 10.9. The van der Waals surface area contributed by atoms with Gasteiger partial charge in [-0.05, 0) is 89.5 Å². The molecule has 0 aliphatic rings. The Bertz CT molecular complexity index is 1960. The van der Waals surface area contributed by atoms with Crippen LogP contribution in [0.5, 0.6) is 23.0 Å². The van der Waals surface area contributed by atoms with Gasteiger partial charge in [0.05, 0.1) is 21.3 Å². The zero-order valence-corrected chi connectivity index (χ0v) is 27.8. The Morgan fingerprint density at radius 2 is 1.28 bits per heavy atom. The second-order valence-corrected chi connectivity index (χ2v) is 10.9. The van der Waals surface area contributed by atoms with E-state index in [-0.39, 0.29) is 11.5 Å². The summed E-state index contributed by atoms with van der Waals surface area (Å²) < 4.78 is 22.0. The molecule has 5 rings (SSSR count). The molecule has 0 radical (unpaired) electrons. The van der Waals surface area contributed by atoms with E-state index in [1.807, 2.05) is 30.3 Å². The highest BCUT2D eigenvalue weighted by molar-refractivity contribution is 6.11. The van der Waals surface area contributed by atoms with Gasteiger partial charge in [0.2, 0.25) is 5.75 Å². The topological polar surface area (TPSA) is 112 Å². The number of allylic oxidation sites excluding steroid dienone is 1. The molecule has 0 fully saturated rings. The van der Waals surface area contributed by atoms with Crippen LogP contribution in [0, 0.1) is 0 Å². The summed E-state index contributed by atoms with van der Waals surface area (Å²) in [6, 6.07) is 35.6. The molecule has 252 valence electrons. The number of rotatable bonds is 14. The summed E-state index contributed by atoms with van der Waals surface area (Å²) in [5.74, 6) is 0.835. The van der Waals surface area contributed by atoms with Gasteiger partial charge in [0.1, 0.15) is 18.1 Å². The van der Waals surface area contributed by atoms with Gasteiger partial charge in [0.15, 0.2) is 17.3 Å². The zero-order valence-electron chi connectivity index (χ0n) is 27.8. The minimum atomic E-state index is -0.542. The summed E-state index contributed by atoms with van der Waals surface area (Å²) in [6.45, 7) is 0.421. The molecule has 0 unspecified atom stereocenters. The summed E-state index contributed by atoms with van der Waals surface area (Å²) >= 11 is 0. The molecule has 5 aromatic carbocycles. The van der Waals surface area contributed by atoms with Gasteiger partial charge in [-0.1, -0.05) is 66.7 Å². The molecule has 0 heterocycles. The van der Waals surface area contributed by atoms with Crippen LogP contribution >= 0.6 is 0 Å². The highest BCUT2D eigenvalue weighted by atomic mass is 16.5. The molecule has 0 aliphatic heterocycles. The van der Waals surface area contributed by atoms with E-state index in [1.54, 1.807) is 103 Å². The number of ketones is 1. The molecule has 9 heteroatoms. The van der Waals surface area contributed by atoms with Crippen LogP contribution in [0.15, 0.2) is 133 Å². The van der Waals surface area contributed by atoms with Crippen LogP contribution in [0.25, 0.3) is 12.2 Å². The first kappa shape index (κ1) is 34.7. The van der Waals surface area contributed by atoms with Crippen LogP contribution in [0.1, 0.15) is 37.4 Å². The summed E-state index contributed by atoms with van der Waals surface area (Å²) in [5, 5.41) is 5.55. The third-order valence-electron chi connectivity index (χ3n) is 7.51. The third-order valence-corrected chi connectivity index (χ3v) is 7.51. The van der Waals surface area contributed by atoms with Gasteiger partial charge in [-0.25, -0.2) is 0 Å². The number of hydrogen-bond donors (Lipinski definition) is 2. The Kier molecular flexibility index (Phi) is 11.8. The van der Waals surface area contributed by atoms with Gasteiger partial charge in [0.25, 0.3) is 11.8 Å². The number of anilines is 1. The predicted octanol–water partition coefficient (Wildman–Crippen LogP) is 7.60. The normalized spacial score (nSPS) is 11.1. The van der Waals surface area contributed by atoms with Crippen molar-refractivity contribution in [3.8, 4) is 23.0 Å². The van der Waals surface area contributed by atoms with Crippen LogP contribution in [-0.4, -0.2) is 38.9 Å². The van der Waals surface area contributed by atoms with Crippen molar-refractivity contribution >= 4 is 35.4 Å². The van der Waals surface area contributed by atoms with E-state index in [2.05, 4.69) is 10.6 Å². The molecule has 0 atom stereocenters. The monoisotopic (exact) mass is 668 g/mol. The van der Waals surface area contributed by atoms with Crippen molar-refractivity contribution in [1.29, 1.82) is 0 Å². The molecule has 0 spiro atoms. The van der Waals surface area contributed by atoms with E-state index in [0.29, 0.717) is 57.5 Å². The maximum Gasteiger partial charge on any atom is 0.272 e. The first-order chi connectivity index (χ1) is 24.4. The van der Waals surface area contributed by atoms with Crippen molar-refractivity contribution in [3.63, 3.8) is 0 Å². The van der Waals surface area contributed by atoms with E-state index in [9.17, 15) is 14.4 Å². The number of amides is 2. The Labute approximate surface area is 290 Å². The van der Waals surface area contributed by atoms with Crippen LogP contribution in [0.4, 0.5) is 5.69 Å². The number of ether oxygens (including phenoxy) is 4. The van der Waals surface area contributed by atoms with Gasteiger partial charge in [-0.2, -0.15) is 0 Å². The van der Waals surface area contributed by atoms with Crippen molar-refractivity contribution in [2.45, 2.75) is 6.61 Å². The van der Waals surface area contributed by atoms with E-state index in [1.165, 1.54) is 27.4 Å². The molecule has 50 heavy (non-hydrogen) atoms. The van der Waals surface area contributed by atoms with E-state index >= 15 is 0 Å². The van der Waals surface area contributed by atoms with Crippen LogP contribution < -0.4 is 29.6 Å². The van der Waals surface area contributed by atoms with Gasteiger partial charge in [-0.15, -0.1) is 0 Å². The summed E-state index contributed by atoms with van der Waals surface area (Å²) in [5.41, 5.74) is 3.68. The van der Waals surface area contributed by atoms with E-state index < -0.39 is 11.8 Å². The molecule has 0 aromatic heterocycles. The SMILES string of the molecule is COc1cc(/C=C/C(=O)c2ccc(NC(=O)/C(=C/c3ccc(OCc4ccccc4)cc3)NC(=O)c3ccccc3)cc2)cc(OC)c1OC. The number of carbonyl (C=O) groups excluding carboxylic acids is 3. The van der Waals surface area contributed by atoms with E-state index in [4.69, 9.17) is 18.9 Å². The third kappa shape index (κ3) is 9.26. The lowest BCUT2D eigenvalue weighted by atomic mass is 10.1. The first-order valence-electron chi connectivity index (χ1n) is 15.7. The molecule has 0 bridgehead atoms. The lowest BCUT2D eigenvalue weighted by Crippen LogP contribution is -2.30. The van der Waals surface area contributed by atoms with Gasteiger partial charge < -0.3 is 29.6 Å². The van der Waals surface area contributed by atoms with Gasteiger partial charge in [-0.3, -0.25) is 14.4 Å². The molecule has 2 amide bonds. The van der Waals surface area contributed by atoms with Crippen LogP contribution in [-0.2, 0) is 11.4 Å². The average molecular weight is 669 g/mol. The largest absolute Gasteiger partial charge is 0.493 e. The van der Waals surface area contributed by atoms with Crippen molar-refractivity contribution in [2.75, 3.05) is 26.6 Å². The summed E-state index contributed by atoms with van der Waals surface area (Å²) in [6.07, 6.45) is 4.67. The number of benzene rings is 5. The van der Waals surface area contributed by atoms with Gasteiger partial charge >= 0.3 is 0 Å². The minimum absolute atomic E-state index is 0.0326. The fraction of sp³-hybridized carbons (Fsp3) is 0.0976. The minimum Gasteiger partial charge on any atom is -0.493 e. The lowest BCUT2D eigenvalue weighted by molar-refractivity contribution is -0.113. The average Bonchev–Trinajstić information content (AvgIpc) is 3.16. The van der Waals surface area contributed by atoms with Crippen molar-refractivity contribution in [2.24, 2.45) is 0 Å². The maximum atomic E-state index is 13.5. The Hall–Kier alpha value is -6.61. The summed E-state index contributed by atoms with van der Waals surface area (Å²) in [7, 11) is 4.56. The van der Waals surface area contributed by atoms with Crippen molar-refractivity contribution in [3.05, 3.63) is 161 Å². The lowest BCUT2D eigenvalue weighted by Gasteiger charge is -2.13. The van der Waals surface area contributed by atoms with Crippen molar-refractivity contribution < 1.29 is 33.3 Å². The van der Waals surface area contributed by atoms with Crippen molar-refractivity contribution in [1.82, 2.24) is 5.32 Å². The Morgan fingerprint density at radius 1 is 0.660 bits per heavy atom. The number of nitrogens with one attached hydrogen (secondary N) is 2. The van der Waals surface area contributed by atoms with Gasteiger partial charge in [0, 0.05) is 16.8 Å². The van der Waals surface area contributed by atoms with E-state index in [0.717, 1.165) is 5.56 Å². The molecule has 0 aliphatic carbocycles. The fourth-order valence-electron chi connectivity index (χ4n) is 4.89. The van der Waals surface area contributed by atoms with Crippen LogP contribution in [0.3, 0.4) is 0 Å². The maximum absolute atomic E-state index is 13.5.